The lowest BCUT2D eigenvalue weighted by Crippen LogP contribution is -2.57. The number of carbonyl (C=O) groups is 3. The molecular formula is C36H49FN4O4. The zero-order valence-electron chi connectivity index (χ0n) is 27.1. The van der Waals surface area contributed by atoms with Crippen molar-refractivity contribution in [2.24, 2.45) is 11.7 Å². The van der Waals surface area contributed by atoms with E-state index in [1.54, 1.807) is 31.1 Å². The Bertz CT molecular complexity index is 1390. The minimum Gasteiger partial charge on any atom is -0.393 e. The van der Waals surface area contributed by atoms with E-state index in [-0.39, 0.29) is 30.1 Å². The third-order valence-corrected chi connectivity index (χ3v) is 9.06. The summed E-state index contributed by atoms with van der Waals surface area (Å²) < 4.78 is 13.9. The SMILES string of the molecule is CN(C(=O)/C=C/CC(C)(C)N)[C@H](Cc1ccc2ccccc2c1)C(=O)N(C)[C@H](CC1C=CC(F)CC1)C(=O)N1CCC(O)CC1. The number of amides is 3. The molecule has 0 radical (unpaired) electrons. The summed E-state index contributed by atoms with van der Waals surface area (Å²) in [5.41, 5.74) is 6.51. The second-order valence-corrected chi connectivity index (χ2v) is 13.4. The van der Waals surface area contributed by atoms with Gasteiger partial charge in [-0.1, -0.05) is 60.7 Å². The predicted octanol–water partition coefficient (Wildman–Crippen LogP) is 4.40. The van der Waals surface area contributed by atoms with Crippen LogP contribution in [0, 0.1) is 5.92 Å². The lowest BCUT2D eigenvalue weighted by atomic mass is 9.88. The number of halogens is 1. The molecule has 0 saturated carbocycles. The van der Waals surface area contributed by atoms with Gasteiger partial charge < -0.3 is 25.5 Å². The van der Waals surface area contributed by atoms with E-state index in [1.165, 1.54) is 15.9 Å². The van der Waals surface area contributed by atoms with Gasteiger partial charge in [-0.25, -0.2) is 4.39 Å². The molecule has 1 heterocycles. The van der Waals surface area contributed by atoms with E-state index >= 15 is 0 Å². The normalized spacial score (nSPS) is 20.7. The molecular weight excluding hydrogens is 571 g/mol. The van der Waals surface area contributed by atoms with Crippen molar-refractivity contribution in [3.63, 3.8) is 0 Å². The summed E-state index contributed by atoms with van der Waals surface area (Å²) in [6.45, 7) is 4.57. The van der Waals surface area contributed by atoms with Gasteiger partial charge in [0.15, 0.2) is 0 Å². The van der Waals surface area contributed by atoms with Crippen LogP contribution in [0.4, 0.5) is 4.39 Å². The maximum absolute atomic E-state index is 14.5. The molecule has 4 atom stereocenters. The molecule has 0 bridgehead atoms. The van der Waals surface area contributed by atoms with Crippen LogP contribution in [0.3, 0.4) is 0 Å². The number of alkyl halides is 1. The second kappa shape index (κ2) is 15.1. The Morgan fingerprint density at radius 3 is 2.33 bits per heavy atom. The van der Waals surface area contributed by atoms with Gasteiger partial charge in [0.2, 0.25) is 17.7 Å². The Balaban J connectivity index is 1.64. The number of likely N-dealkylation sites (N-methyl/N-ethyl adjacent to an activating group) is 2. The van der Waals surface area contributed by atoms with Crippen LogP contribution in [0.15, 0.2) is 66.8 Å². The predicted molar refractivity (Wildman–Crippen MR) is 176 cm³/mol. The monoisotopic (exact) mass is 620 g/mol. The Kier molecular flexibility index (Phi) is 11.6. The largest absolute Gasteiger partial charge is 0.393 e. The maximum Gasteiger partial charge on any atom is 0.246 e. The third kappa shape index (κ3) is 9.47. The van der Waals surface area contributed by atoms with Crippen molar-refractivity contribution in [2.45, 2.75) is 88.7 Å². The molecule has 8 nitrogen and oxygen atoms in total. The number of hydrogen-bond acceptors (Lipinski definition) is 5. The van der Waals surface area contributed by atoms with Crippen LogP contribution >= 0.6 is 0 Å². The van der Waals surface area contributed by atoms with Crippen LogP contribution in [0.25, 0.3) is 10.8 Å². The molecule has 1 aliphatic heterocycles. The zero-order chi connectivity index (χ0) is 32.7. The van der Waals surface area contributed by atoms with Gasteiger partial charge in [-0.05, 0) is 80.7 Å². The number of likely N-dealkylation sites (tertiary alicyclic amines) is 1. The van der Waals surface area contributed by atoms with E-state index in [4.69, 9.17) is 5.73 Å². The summed E-state index contributed by atoms with van der Waals surface area (Å²) in [6, 6.07) is 12.3. The lowest BCUT2D eigenvalue weighted by molar-refractivity contribution is -0.150. The highest BCUT2D eigenvalue weighted by Crippen LogP contribution is 2.28. The van der Waals surface area contributed by atoms with E-state index in [9.17, 15) is 23.9 Å². The lowest BCUT2D eigenvalue weighted by Gasteiger charge is -2.39. The number of allylic oxidation sites excluding steroid dienone is 2. The van der Waals surface area contributed by atoms with Gasteiger partial charge in [0.1, 0.15) is 18.3 Å². The summed E-state index contributed by atoms with van der Waals surface area (Å²) in [7, 11) is 3.25. The van der Waals surface area contributed by atoms with Crippen LogP contribution in [-0.2, 0) is 20.8 Å². The van der Waals surface area contributed by atoms with Crippen LogP contribution in [0.1, 0.15) is 57.9 Å². The average Bonchev–Trinajstić information content (AvgIpc) is 3.01. The number of benzene rings is 2. The summed E-state index contributed by atoms with van der Waals surface area (Å²) in [5.74, 6) is -0.913. The number of nitrogens with zero attached hydrogens (tertiary/aromatic N) is 3. The number of rotatable bonds is 11. The summed E-state index contributed by atoms with van der Waals surface area (Å²) in [5, 5.41) is 12.1. The van der Waals surface area contributed by atoms with Gasteiger partial charge in [0.05, 0.1) is 6.10 Å². The highest BCUT2D eigenvalue weighted by molar-refractivity contribution is 5.95. The number of piperidine rings is 1. The topological polar surface area (TPSA) is 107 Å². The van der Waals surface area contributed by atoms with Crippen molar-refractivity contribution >= 4 is 28.5 Å². The van der Waals surface area contributed by atoms with Crippen molar-refractivity contribution in [1.82, 2.24) is 14.7 Å². The Labute approximate surface area is 266 Å². The van der Waals surface area contributed by atoms with Crippen LogP contribution in [0.2, 0.25) is 0 Å². The number of aliphatic hydroxyl groups excluding tert-OH is 1. The molecule has 1 saturated heterocycles. The fraction of sp³-hybridized carbons (Fsp3) is 0.528. The number of hydrogen-bond donors (Lipinski definition) is 2. The van der Waals surface area contributed by atoms with Gasteiger partial charge in [0, 0.05) is 39.1 Å². The van der Waals surface area contributed by atoms with Crippen LogP contribution in [-0.4, -0.2) is 94.6 Å². The maximum atomic E-state index is 14.5. The molecule has 2 aliphatic rings. The first-order chi connectivity index (χ1) is 21.3. The molecule has 3 N–H and O–H groups in total. The van der Waals surface area contributed by atoms with E-state index in [0.29, 0.717) is 51.6 Å². The number of aliphatic hydroxyl groups is 1. The molecule has 1 aliphatic carbocycles. The number of fused-ring (bicyclic) bond motifs is 1. The van der Waals surface area contributed by atoms with Crippen LogP contribution in [0.5, 0.6) is 0 Å². The van der Waals surface area contributed by atoms with Gasteiger partial charge in [0.25, 0.3) is 0 Å². The van der Waals surface area contributed by atoms with Crippen LogP contribution < -0.4 is 5.73 Å². The summed E-state index contributed by atoms with van der Waals surface area (Å²) in [4.78, 5) is 46.5. The van der Waals surface area contributed by atoms with Gasteiger partial charge >= 0.3 is 0 Å². The minimum absolute atomic E-state index is 0.0579. The first kappa shape index (κ1) is 34.3. The number of nitrogens with two attached hydrogens (primary N) is 1. The molecule has 4 rings (SSSR count). The Morgan fingerprint density at radius 2 is 1.69 bits per heavy atom. The Hall–Kier alpha value is -3.56. The molecule has 1 fully saturated rings. The second-order valence-electron chi connectivity index (χ2n) is 13.4. The number of carbonyl (C=O) groups excluding carboxylic acids is 3. The molecule has 244 valence electrons. The molecule has 3 amide bonds. The first-order valence-corrected chi connectivity index (χ1v) is 16.1. The van der Waals surface area contributed by atoms with E-state index in [0.717, 1.165) is 16.3 Å². The summed E-state index contributed by atoms with van der Waals surface area (Å²) >= 11 is 0. The third-order valence-electron chi connectivity index (χ3n) is 9.06. The average molecular weight is 621 g/mol. The zero-order valence-corrected chi connectivity index (χ0v) is 27.1. The molecule has 2 aromatic rings. The van der Waals surface area contributed by atoms with Crippen molar-refractivity contribution in [3.8, 4) is 0 Å². The quantitative estimate of drug-likeness (QED) is 0.286. The van der Waals surface area contributed by atoms with Crippen molar-refractivity contribution in [1.29, 1.82) is 0 Å². The highest BCUT2D eigenvalue weighted by atomic mass is 19.1. The fourth-order valence-electron chi connectivity index (χ4n) is 6.15. The van der Waals surface area contributed by atoms with Crippen molar-refractivity contribution < 1.29 is 23.9 Å². The standard InChI is InChI=1S/C36H49FN4O4/c1-36(2,38)19-7-10-33(43)39(3)31(24-26-11-14-27-8-5-6-9-28(27)22-26)34(44)40(4)32(23-25-12-15-29(37)16-13-25)35(45)41-20-17-30(42)18-21-41/h5-12,14-15,22,25,29-32,42H,13,16-21,23-24,38H2,1-4H3/b10-7+/t25?,29?,31-,32-/m1/s1. The smallest absolute Gasteiger partial charge is 0.246 e. The molecule has 2 aromatic carbocycles. The molecule has 0 spiro atoms. The van der Waals surface area contributed by atoms with Crippen molar-refractivity contribution in [2.75, 3.05) is 27.2 Å². The molecule has 0 aromatic heterocycles. The molecule has 9 heteroatoms. The van der Waals surface area contributed by atoms with Gasteiger partial charge in [-0.2, -0.15) is 0 Å². The van der Waals surface area contributed by atoms with E-state index < -0.39 is 29.9 Å². The van der Waals surface area contributed by atoms with E-state index in [1.807, 2.05) is 62.4 Å². The molecule has 2 unspecified atom stereocenters. The van der Waals surface area contributed by atoms with E-state index in [2.05, 4.69) is 0 Å². The Morgan fingerprint density at radius 1 is 1.00 bits per heavy atom. The first-order valence-electron chi connectivity index (χ1n) is 16.1. The highest BCUT2D eigenvalue weighted by Gasteiger charge is 2.38. The molecule has 45 heavy (non-hydrogen) atoms. The van der Waals surface area contributed by atoms with Gasteiger partial charge in [-0.15, -0.1) is 0 Å². The van der Waals surface area contributed by atoms with Crippen molar-refractivity contribution in [3.05, 3.63) is 72.3 Å². The fourth-order valence-corrected chi connectivity index (χ4v) is 6.15. The summed E-state index contributed by atoms with van der Waals surface area (Å²) in [6.07, 6.45) is 8.14. The van der Waals surface area contributed by atoms with Gasteiger partial charge in [-0.3, -0.25) is 14.4 Å². The minimum atomic E-state index is -0.998.